The lowest BCUT2D eigenvalue weighted by Crippen LogP contribution is -1.90. The van der Waals surface area contributed by atoms with Crippen molar-refractivity contribution in [3.8, 4) is 0 Å². The van der Waals surface area contributed by atoms with E-state index in [2.05, 4.69) is 15.9 Å². The van der Waals surface area contributed by atoms with Crippen molar-refractivity contribution in [1.82, 2.24) is 0 Å². The molecule has 6 heteroatoms. The highest BCUT2D eigenvalue weighted by atomic mass is 79.9. The minimum atomic E-state index is 0.170. The molecule has 0 amide bonds. The second kappa shape index (κ2) is 3.81. The van der Waals surface area contributed by atoms with Gasteiger partial charge in [0, 0.05) is 0 Å². The summed E-state index contributed by atoms with van der Waals surface area (Å²) in [5.74, 6) is 0. The van der Waals surface area contributed by atoms with Crippen LogP contribution in [0.1, 0.15) is 0 Å². The zero-order chi connectivity index (χ0) is 9.46. The van der Waals surface area contributed by atoms with Crippen molar-refractivity contribution in [1.29, 1.82) is 0 Å². The van der Waals surface area contributed by atoms with E-state index in [4.69, 9.17) is 52.1 Å². The molecular formula is C6H2BrCl4N. The van der Waals surface area contributed by atoms with Gasteiger partial charge in [0.2, 0.25) is 0 Å². The summed E-state index contributed by atoms with van der Waals surface area (Å²) < 4.78 is 0.462. The van der Waals surface area contributed by atoms with Crippen LogP contribution in [0.3, 0.4) is 0 Å². The van der Waals surface area contributed by atoms with E-state index in [1.165, 1.54) is 0 Å². The number of rotatable bonds is 0. The Labute approximate surface area is 97.9 Å². The van der Waals surface area contributed by atoms with Crippen molar-refractivity contribution in [2.24, 2.45) is 0 Å². The molecule has 0 heterocycles. The third kappa shape index (κ3) is 1.64. The fourth-order valence-electron chi connectivity index (χ4n) is 0.622. The zero-order valence-corrected chi connectivity index (χ0v) is 10.1. The average Bonchev–Trinajstić information content (AvgIpc) is 2.08. The van der Waals surface area contributed by atoms with E-state index in [0.29, 0.717) is 4.47 Å². The number of anilines is 1. The number of nitrogen functional groups attached to an aromatic ring is 1. The van der Waals surface area contributed by atoms with Crippen LogP contribution < -0.4 is 5.73 Å². The van der Waals surface area contributed by atoms with Crippen molar-refractivity contribution < 1.29 is 0 Å². The molecule has 2 N–H and O–H groups in total. The van der Waals surface area contributed by atoms with Gasteiger partial charge < -0.3 is 5.73 Å². The summed E-state index contributed by atoms with van der Waals surface area (Å²) in [5.41, 5.74) is 5.83. The lowest BCUT2D eigenvalue weighted by Gasteiger charge is -2.07. The van der Waals surface area contributed by atoms with Crippen LogP contribution in [0, 0.1) is 0 Å². The third-order valence-corrected chi connectivity index (χ3v) is 4.11. The first-order chi connectivity index (χ1) is 5.46. The number of benzene rings is 1. The first-order valence-electron chi connectivity index (χ1n) is 2.73. The minimum absolute atomic E-state index is 0.170. The molecule has 0 spiro atoms. The summed E-state index contributed by atoms with van der Waals surface area (Å²) in [4.78, 5) is 0. The lowest BCUT2D eigenvalue weighted by atomic mass is 10.3. The Morgan fingerprint density at radius 2 is 1.25 bits per heavy atom. The van der Waals surface area contributed by atoms with E-state index in [9.17, 15) is 0 Å². The topological polar surface area (TPSA) is 26.0 Å². The fourth-order valence-corrected chi connectivity index (χ4v) is 2.11. The monoisotopic (exact) mass is 307 g/mol. The maximum absolute atomic E-state index is 5.76. The van der Waals surface area contributed by atoms with Gasteiger partial charge in [0.15, 0.2) is 0 Å². The van der Waals surface area contributed by atoms with E-state index >= 15 is 0 Å². The van der Waals surface area contributed by atoms with Crippen molar-refractivity contribution in [2.75, 3.05) is 5.73 Å². The van der Waals surface area contributed by atoms with E-state index < -0.39 is 0 Å². The van der Waals surface area contributed by atoms with Gasteiger partial charge in [-0.05, 0) is 15.9 Å². The van der Waals surface area contributed by atoms with Gasteiger partial charge in [0.25, 0.3) is 0 Å². The van der Waals surface area contributed by atoms with Crippen molar-refractivity contribution >= 4 is 68.0 Å². The molecule has 1 rings (SSSR count). The first-order valence-corrected chi connectivity index (χ1v) is 5.04. The summed E-state index contributed by atoms with van der Waals surface area (Å²) in [7, 11) is 0. The lowest BCUT2D eigenvalue weighted by molar-refractivity contribution is 1.62. The van der Waals surface area contributed by atoms with Crippen LogP contribution in [-0.4, -0.2) is 0 Å². The molecule has 0 aliphatic heterocycles. The molecule has 12 heavy (non-hydrogen) atoms. The Morgan fingerprint density at radius 3 is 1.75 bits per heavy atom. The standard InChI is InChI=1S/C6H2BrCl4N/c7-1-2(8)3(9)4(10)5(11)6(1)12/h12H2. The van der Waals surface area contributed by atoms with Gasteiger partial charge in [0.05, 0.1) is 30.3 Å². The molecule has 0 bridgehead atoms. The first kappa shape index (κ1) is 10.7. The number of halogens is 5. The van der Waals surface area contributed by atoms with Gasteiger partial charge in [-0.25, -0.2) is 0 Å². The molecule has 0 saturated carbocycles. The quantitative estimate of drug-likeness (QED) is 0.421. The zero-order valence-electron chi connectivity index (χ0n) is 5.47. The van der Waals surface area contributed by atoms with Crippen LogP contribution in [0.4, 0.5) is 5.69 Å². The van der Waals surface area contributed by atoms with Gasteiger partial charge >= 0.3 is 0 Å². The molecule has 0 atom stereocenters. The number of nitrogens with two attached hydrogens (primary N) is 1. The van der Waals surface area contributed by atoms with Crippen molar-refractivity contribution in [2.45, 2.75) is 0 Å². The van der Waals surface area contributed by atoms with Crippen LogP contribution in [-0.2, 0) is 0 Å². The highest BCUT2D eigenvalue weighted by Crippen LogP contribution is 2.45. The smallest absolute Gasteiger partial charge is 0.0849 e. The Morgan fingerprint density at radius 1 is 0.833 bits per heavy atom. The predicted octanol–water partition coefficient (Wildman–Crippen LogP) is 4.64. The largest absolute Gasteiger partial charge is 0.397 e. The Bertz CT molecular complexity index is 234. The van der Waals surface area contributed by atoms with Crippen molar-refractivity contribution in [3.63, 3.8) is 0 Å². The van der Waals surface area contributed by atoms with Crippen LogP contribution in [0.2, 0.25) is 20.1 Å². The van der Waals surface area contributed by atoms with Gasteiger partial charge in [-0.15, -0.1) is 0 Å². The summed E-state index contributed by atoms with van der Waals surface area (Å²) in [5, 5.41) is 0.843. The average molecular weight is 310 g/mol. The molecule has 0 aliphatic carbocycles. The van der Waals surface area contributed by atoms with E-state index in [1.807, 2.05) is 0 Å². The van der Waals surface area contributed by atoms with Crippen LogP contribution in [0.5, 0.6) is 0 Å². The third-order valence-electron chi connectivity index (χ3n) is 1.24. The number of hydrogen-bond donors (Lipinski definition) is 1. The van der Waals surface area contributed by atoms with Gasteiger partial charge in [-0.3, -0.25) is 0 Å². The molecule has 0 saturated heterocycles. The second-order valence-electron chi connectivity index (χ2n) is 1.98. The minimum Gasteiger partial charge on any atom is -0.397 e. The molecule has 0 aliphatic rings. The van der Waals surface area contributed by atoms with E-state index in [0.717, 1.165) is 0 Å². The molecule has 0 fully saturated rings. The molecular weight excluding hydrogens is 308 g/mol. The van der Waals surface area contributed by atoms with E-state index in [-0.39, 0.29) is 25.8 Å². The van der Waals surface area contributed by atoms with E-state index in [1.54, 1.807) is 0 Å². The molecule has 66 valence electrons. The van der Waals surface area contributed by atoms with Gasteiger partial charge in [-0.2, -0.15) is 0 Å². The second-order valence-corrected chi connectivity index (χ2v) is 4.29. The molecule has 0 unspecified atom stereocenters. The van der Waals surface area contributed by atoms with Gasteiger partial charge in [-0.1, -0.05) is 46.4 Å². The normalized spacial score (nSPS) is 10.4. The van der Waals surface area contributed by atoms with Crippen LogP contribution in [0.15, 0.2) is 4.47 Å². The molecule has 1 nitrogen and oxygen atoms in total. The van der Waals surface area contributed by atoms with Crippen LogP contribution >= 0.6 is 62.3 Å². The maximum atomic E-state index is 5.76. The Hall–Kier alpha value is 0.660. The SMILES string of the molecule is Nc1c(Cl)c(Cl)c(Cl)c(Cl)c1Br. The molecule has 1 aromatic rings. The maximum Gasteiger partial charge on any atom is 0.0849 e. The molecule has 1 aromatic carbocycles. The summed E-state index contributed by atoms with van der Waals surface area (Å²) in [6.45, 7) is 0. The summed E-state index contributed by atoms with van der Waals surface area (Å²) in [6, 6.07) is 0. The Balaban J connectivity index is 3.60. The number of hydrogen-bond acceptors (Lipinski definition) is 1. The summed E-state index contributed by atoms with van der Waals surface area (Å²) >= 11 is 26.1. The van der Waals surface area contributed by atoms with Gasteiger partial charge in [0.1, 0.15) is 0 Å². The Kier molecular flexibility index (Phi) is 3.41. The molecule has 0 aromatic heterocycles. The van der Waals surface area contributed by atoms with Crippen molar-refractivity contribution in [3.05, 3.63) is 24.6 Å². The van der Waals surface area contributed by atoms with Crippen LogP contribution in [0.25, 0.3) is 0 Å². The highest BCUT2D eigenvalue weighted by Gasteiger charge is 2.16. The fraction of sp³-hybridized carbons (Fsp3) is 0. The highest BCUT2D eigenvalue weighted by molar-refractivity contribution is 9.10. The predicted molar refractivity (Wildman–Crippen MR) is 58.6 cm³/mol. The summed E-state index contributed by atoms with van der Waals surface area (Å²) in [6.07, 6.45) is 0. The molecule has 0 radical (unpaired) electrons.